The monoisotopic (exact) mass is 530 g/mol. The van der Waals surface area contributed by atoms with Crippen molar-refractivity contribution < 1.29 is 18.7 Å². The van der Waals surface area contributed by atoms with Crippen LogP contribution in [0.25, 0.3) is 27.9 Å². The lowest BCUT2D eigenvalue weighted by atomic mass is 10.1. The predicted molar refractivity (Wildman–Crippen MR) is 161 cm³/mol. The number of pyridine rings is 2. The maximum atomic E-state index is 12.9. The van der Waals surface area contributed by atoms with E-state index in [1.807, 2.05) is 66.7 Å². The second-order valence-electron chi connectivity index (χ2n) is 9.85. The summed E-state index contributed by atoms with van der Waals surface area (Å²) in [4.78, 5) is 25.4. The molecule has 3 aromatic carbocycles. The minimum atomic E-state index is -0.213. The standard InChI is InChI=1S/C34H32N4O2/c1-3-19-37-21-5-7-27-23-29(14-16-31(27)37)35-33(39)18-11-25-9-12-26(13-10-25)34(40)36-30-15-17-32-28(24-30)8-6-22-38(32)20-4-2/h5-18,21-24H,3-4,19-20H2,1-2H3/p+2/b18-11+. The zero-order chi connectivity index (χ0) is 27.9. The molecule has 0 fully saturated rings. The van der Waals surface area contributed by atoms with Crippen LogP contribution in [0.3, 0.4) is 0 Å². The molecular formula is C34H34N4O2+2. The van der Waals surface area contributed by atoms with Gasteiger partial charge in [-0.3, -0.25) is 9.59 Å². The Morgan fingerprint density at radius 3 is 1.80 bits per heavy atom. The quantitative estimate of drug-likeness (QED) is 0.174. The Hall–Kier alpha value is -4.84. The first kappa shape index (κ1) is 26.8. The summed E-state index contributed by atoms with van der Waals surface area (Å²) in [6.07, 6.45) is 9.51. The Bertz CT molecular complexity index is 1710. The fourth-order valence-corrected chi connectivity index (χ4v) is 4.89. The number of carbonyl (C=O) groups excluding carboxylic acids is 2. The van der Waals surface area contributed by atoms with Crippen molar-refractivity contribution >= 4 is 51.1 Å². The normalized spacial score (nSPS) is 11.2. The van der Waals surface area contributed by atoms with Crippen LogP contribution in [0.1, 0.15) is 42.6 Å². The zero-order valence-corrected chi connectivity index (χ0v) is 22.9. The third-order valence-electron chi connectivity index (χ3n) is 6.81. The SMILES string of the molecule is CCC[n+]1cccc2cc(NC(=O)/C=C/c3ccc(C(=O)Nc4ccc5c(ccc[n+]5CCC)c4)cc3)ccc21. The summed E-state index contributed by atoms with van der Waals surface area (Å²) in [7, 11) is 0. The Labute approximate surface area is 234 Å². The molecule has 6 heteroatoms. The summed E-state index contributed by atoms with van der Waals surface area (Å²) in [5, 5.41) is 8.08. The van der Waals surface area contributed by atoms with Crippen LogP contribution in [0.2, 0.25) is 0 Å². The molecule has 0 unspecified atom stereocenters. The smallest absolute Gasteiger partial charge is 0.255 e. The van der Waals surface area contributed by atoms with Crippen LogP contribution in [0.15, 0.2) is 103 Å². The van der Waals surface area contributed by atoms with Gasteiger partial charge in [0.05, 0.1) is 0 Å². The van der Waals surface area contributed by atoms with Crippen LogP contribution in [0.4, 0.5) is 11.4 Å². The molecule has 2 N–H and O–H groups in total. The summed E-state index contributed by atoms with van der Waals surface area (Å²) < 4.78 is 4.44. The molecule has 0 atom stereocenters. The summed E-state index contributed by atoms with van der Waals surface area (Å²) in [5.74, 6) is -0.392. The Balaban J connectivity index is 1.20. The number of hydrogen-bond acceptors (Lipinski definition) is 2. The minimum Gasteiger partial charge on any atom is -0.322 e. The zero-order valence-electron chi connectivity index (χ0n) is 22.9. The summed E-state index contributed by atoms with van der Waals surface area (Å²) in [6.45, 7) is 6.22. The molecule has 5 rings (SSSR count). The third kappa shape index (κ3) is 6.24. The van der Waals surface area contributed by atoms with Crippen LogP contribution in [-0.2, 0) is 17.9 Å². The lowest BCUT2D eigenvalue weighted by Crippen LogP contribution is -2.33. The number of nitrogens with one attached hydrogen (secondary N) is 2. The van der Waals surface area contributed by atoms with Gasteiger partial charge in [0.15, 0.2) is 12.4 Å². The maximum Gasteiger partial charge on any atom is 0.255 e. The number of aryl methyl sites for hydroxylation is 2. The van der Waals surface area contributed by atoms with Crippen molar-refractivity contribution in [3.63, 3.8) is 0 Å². The molecule has 40 heavy (non-hydrogen) atoms. The van der Waals surface area contributed by atoms with Crippen LogP contribution in [-0.4, -0.2) is 11.8 Å². The third-order valence-corrected chi connectivity index (χ3v) is 6.81. The van der Waals surface area contributed by atoms with Gasteiger partial charge in [0.2, 0.25) is 16.9 Å². The van der Waals surface area contributed by atoms with E-state index in [0.29, 0.717) is 5.56 Å². The van der Waals surface area contributed by atoms with E-state index in [1.165, 1.54) is 6.08 Å². The van der Waals surface area contributed by atoms with Crippen molar-refractivity contribution in [1.82, 2.24) is 0 Å². The molecule has 0 radical (unpaired) electrons. The maximum absolute atomic E-state index is 12.9. The first-order valence-corrected chi connectivity index (χ1v) is 13.8. The van der Waals surface area contributed by atoms with Gasteiger partial charge in [0, 0.05) is 70.9 Å². The molecule has 2 heterocycles. The van der Waals surface area contributed by atoms with Crippen LogP contribution in [0.5, 0.6) is 0 Å². The minimum absolute atomic E-state index is 0.179. The number of rotatable bonds is 9. The van der Waals surface area contributed by atoms with Crippen molar-refractivity contribution in [2.24, 2.45) is 0 Å². The van der Waals surface area contributed by atoms with Crippen molar-refractivity contribution in [3.8, 4) is 0 Å². The molecule has 0 bridgehead atoms. The number of hydrogen-bond donors (Lipinski definition) is 2. The highest BCUT2D eigenvalue weighted by atomic mass is 16.2. The molecule has 2 aromatic heterocycles. The van der Waals surface area contributed by atoms with E-state index in [4.69, 9.17) is 0 Å². The van der Waals surface area contributed by atoms with Crippen LogP contribution in [0, 0.1) is 0 Å². The molecule has 0 spiro atoms. The highest BCUT2D eigenvalue weighted by molar-refractivity contribution is 6.05. The fraction of sp³-hybridized carbons (Fsp3) is 0.176. The number of amides is 2. The van der Waals surface area contributed by atoms with E-state index in [0.717, 1.165) is 64.7 Å². The lowest BCUT2D eigenvalue weighted by Gasteiger charge is -2.07. The Morgan fingerprint density at radius 2 is 1.25 bits per heavy atom. The Kier molecular flexibility index (Phi) is 8.26. The van der Waals surface area contributed by atoms with E-state index < -0.39 is 0 Å². The molecule has 0 aliphatic heterocycles. The second-order valence-corrected chi connectivity index (χ2v) is 9.85. The number of benzene rings is 3. The number of fused-ring (bicyclic) bond motifs is 2. The highest BCUT2D eigenvalue weighted by Gasteiger charge is 2.11. The molecule has 200 valence electrons. The molecule has 6 nitrogen and oxygen atoms in total. The summed E-state index contributed by atoms with van der Waals surface area (Å²) in [5.41, 5.74) is 5.16. The van der Waals surface area contributed by atoms with E-state index in [-0.39, 0.29) is 11.8 Å². The van der Waals surface area contributed by atoms with Gasteiger partial charge in [-0.1, -0.05) is 26.0 Å². The first-order chi connectivity index (χ1) is 19.5. The van der Waals surface area contributed by atoms with Crippen molar-refractivity contribution in [2.75, 3.05) is 10.6 Å². The van der Waals surface area contributed by atoms with Gasteiger partial charge in [-0.2, -0.15) is 9.13 Å². The number of nitrogens with zero attached hydrogens (tertiary/aromatic N) is 2. The average molecular weight is 531 g/mol. The van der Waals surface area contributed by atoms with Crippen molar-refractivity contribution in [2.45, 2.75) is 39.8 Å². The molecule has 0 aliphatic carbocycles. The number of aromatic nitrogens is 2. The van der Waals surface area contributed by atoms with Crippen LogP contribution < -0.4 is 19.8 Å². The summed E-state index contributed by atoms with van der Waals surface area (Å²) in [6, 6.07) is 27.2. The second kappa shape index (κ2) is 12.3. The molecule has 0 aliphatic rings. The van der Waals surface area contributed by atoms with Crippen molar-refractivity contribution in [3.05, 3.63) is 115 Å². The lowest BCUT2D eigenvalue weighted by molar-refractivity contribution is -0.671. The first-order valence-electron chi connectivity index (χ1n) is 13.8. The van der Waals surface area contributed by atoms with Gasteiger partial charge in [-0.05, 0) is 60.2 Å². The summed E-state index contributed by atoms with van der Waals surface area (Å²) >= 11 is 0. The van der Waals surface area contributed by atoms with Gasteiger partial charge in [-0.15, -0.1) is 0 Å². The van der Waals surface area contributed by atoms with E-state index in [1.54, 1.807) is 18.2 Å². The molecule has 5 aromatic rings. The number of carbonyl (C=O) groups is 2. The van der Waals surface area contributed by atoms with Crippen molar-refractivity contribution in [1.29, 1.82) is 0 Å². The molecule has 0 saturated carbocycles. The largest absolute Gasteiger partial charge is 0.322 e. The van der Waals surface area contributed by atoms with Gasteiger partial charge in [-0.25, -0.2) is 0 Å². The van der Waals surface area contributed by atoms with E-state index in [2.05, 4.69) is 52.1 Å². The fourth-order valence-electron chi connectivity index (χ4n) is 4.89. The predicted octanol–water partition coefficient (Wildman–Crippen LogP) is 6.29. The van der Waals surface area contributed by atoms with Gasteiger partial charge in [0.1, 0.15) is 13.1 Å². The number of anilines is 2. The molecular weight excluding hydrogens is 496 g/mol. The molecule has 0 saturated heterocycles. The Morgan fingerprint density at radius 1 is 0.700 bits per heavy atom. The van der Waals surface area contributed by atoms with E-state index >= 15 is 0 Å². The highest BCUT2D eigenvalue weighted by Crippen LogP contribution is 2.19. The van der Waals surface area contributed by atoms with Gasteiger partial charge < -0.3 is 10.6 Å². The topological polar surface area (TPSA) is 66.0 Å². The molecule has 2 amide bonds. The van der Waals surface area contributed by atoms with Gasteiger partial charge in [0.25, 0.3) is 5.91 Å². The van der Waals surface area contributed by atoms with Gasteiger partial charge >= 0.3 is 0 Å². The average Bonchev–Trinajstić information content (AvgIpc) is 2.97. The van der Waals surface area contributed by atoms with E-state index in [9.17, 15) is 9.59 Å². The van der Waals surface area contributed by atoms with Crippen LogP contribution >= 0.6 is 0 Å².